The molecule has 0 aliphatic rings. The molecule has 0 N–H and O–H groups in total. The smallest absolute Gasteiger partial charge is 0.243 e. The van der Waals surface area contributed by atoms with E-state index in [2.05, 4.69) is 0 Å². The molecule has 8 heteroatoms. The van der Waals surface area contributed by atoms with Crippen molar-refractivity contribution in [1.29, 1.82) is 0 Å². The molecular formula is C22H21FN2O4S. The van der Waals surface area contributed by atoms with Crippen LogP contribution in [0.5, 0.6) is 11.5 Å². The van der Waals surface area contributed by atoms with E-state index in [-0.39, 0.29) is 11.4 Å². The minimum Gasteiger partial charge on any atom is -0.457 e. The quantitative estimate of drug-likeness (QED) is 0.572. The van der Waals surface area contributed by atoms with E-state index in [1.165, 1.54) is 24.1 Å². The van der Waals surface area contributed by atoms with Gasteiger partial charge in [-0.15, -0.1) is 0 Å². The van der Waals surface area contributed by atoms with Gasteiger partial charge in [0.2, 0.25) is 15.9 Å². The second-order valence-corrected chi connectivity index (χ2v) is 8.62. The van der Waals surface area contributed by atoms with Crippen LogP contribution in [0, 0.1) is 5.82 Å². The Morgan fingerprint density at radius 1 is 0.867 bits per heavy atom. The molecule has 0 bridgehead atoms. The second kappa shape index (κ2) is 9.06. The molecule has 0 aliphatic heterocycles. The number of amides is 1. The lowest BCUT2D eigenvalue weighted by Crippen LogP contribution is -2.39. The van der Waals surface area contributed by atoms with Gasteiger partial charge in [-0.2, -0.15) is 4.31 Å². The van der Waals surface area contributed by atoms with Gasteiger partial charge < -0.3 is 9.64 Å². The Morgan fingerprint density at radius 3 is 2.03 bits per heavy atom. The van der Waals surface area contributed by atoms with Crippen molar-refractivity contribution in [2.75, 3.05) is 25.5 Å². The summed E-state index contributed by atoms with van der Waals surface area (Å²) in [6, 6.07) is 20.6. The number of benzene rings is 3. The van der Waals surface area contributed by atoms with Crippen LogP contribution in [0.25, 0.3) is 0 Å². The van der Waals surface area contributed by atoms with Crippen molar-refractivity contribution in [1.82, 2.24) is 4.31 Å². The number of carbonyl (C=O) groups is 1. The predicted octanol–water partition coefficient (Wildman–Crippen LogP) is 3.90. The van der Waals surface area contributed by atoms with Crippen LogP contribution in [0.1, 0.15) is 0 Å². The molecule has 156 valence electrons. The summed E-state index contributed by atoms with van der Waals surface area (Å²) in [6.07, 6.45) is 0. The normalized spacial score (nSPS) is 11.3. The molecule has 3 rings (SSSR count). The minimum absolute atomic E-state index is 0.0794. The Morgan fingerprint density at radius 2 is 1.43 bits per heavy atom. The molecule has 0 fully saturated rings. The monoisotopic (exact) mass is 428 g/mol. The zero-order valence-electron chi connectivity index (χ0n) is 16.5. The van der Waals surface area contributed by atoms with Gasteiger partial charge in [0.25, 0.3) is 0 Å². The lowest BCUT2D eigenvalue weighted by molar-refractivity contribution is -0.118. The predicted molar refractivity (Wildman–Crippen MR) is 113 cm³/mol. The van der Waals surface area contributed by atoms with Crippen molar-refractivity contribution < 1.29 is 22.3 Å². The summed E-state index contributed by atoms with van der Waals surface area (Å²) in [7, 11) is -1.04. The van der Waals surface area contributed by atoms with Gasteiger partial charge in [0.1, 0.15) is 17.3 Å². The summed E-state index contributed by atoms with van der Waals surface area (Å²) in [4.78, 5) is 13.9. The van der Waals surface area contributed by atoms with E-state index in [1.54, 1.807) is 31.3 Å². The Balaban J connectivity index is 1.65. The van der Waals surface area contributed by atoms with Crippen molar-refractivity contribution >= 4 is 21.6 Å². The van der Waals surface area contributed by atoms with E-state index in [9.17, 15) is 17.6 Å². The van der Waals surface area contributed by atoms with Gasteiger partial charge in [-0.3, -0.25) is 4.79 Å². The van der Waals surface area contributed by atoms with Gasteiger partial charge >= 0.3 is 0 Å². The maximum atomic E-state index is 13.1. The molecule has 0 heterocycles. The molecule has 0 aromatic heterocycles. The van der Waals surface area contributed by atoms with Crippen molar-refractivity contribution in [3.8, 4) is 11.5 Å². The fourth-order valence-corrected chi connectivity index (χ4v) is 3.79. The maximum Gasteiger partial charge on any atom is 0.243 e. The number of carbonyl (C=O) groups excluding carboxylic acids is 1. The molecule has 0 spiro atoms. The lowest BCUT2D eigenvalue weighted by Gasteiger charge is -2.22. The molecule has 3 aromatic rings. The Kier molecular flexibility index (Phi) is 6.49. The highest BCUT2D eigenvalue weighted by molar-refractivity contribution is 7.89. The highest BCUT2D eigenvalue weighted by atomic mass is 32.2. The number of rotatable bonds is 7. The van der Waals surface area contributed by atoms with Crippen LogP contribution in [-0.2, 0) is 14.8 Å². The highest BCUT2D eigenvalue weighted by Gasteiger charge is 2.24. The van der Waals surface area contributed by atoms with Gasteiger partial charge in [-0.1, -0.05) is 18.2 Å². The van der Waals surface area contributed by atoms with Gasteiger partial charge in [-0.25, -0.2) is 12.8 Å². The maximum absolute atomic E-state index is 13.1. The zero-order valence-corrected chi connectivity index (χ0v) is 17.3. The molecule has 0 saturated heterocycles. The average Bonchev–Trinajstić information content (AvgIpc) is 2.74. The summed E-state index contributed by atoms with van der Waals surface area (Å²) < 4.78 is 44.9. The summed E-state index contributed by atoms with van der Waals surface area (Å²) in [5, 5.41) is 0. The molecule has 0 atom stereocenters. The van der Waals surface area contributed by atoms with Crippen LogP contribution in [0.4, 0.5) is 10.1 Å². The zero-order chi connectivity index (χ0) is 21.7. The first-order valence-electron chi connectivity index (χ1n) is 9.09. The molecule has 30 heavy (non-hydrogen) atoms. The summed E-state index contributed by atoms with van der Waals surface area (Å²) >= 11 is 0. The number of likely N-dealkylation sites (N-methyl/N-ethyl adjacent to an activating group) is 2. The van der Waals surface area contributed by atoms with E-state index in [4.69, 9.17) is 4.74 Å². The Labute approximate surface area is 175 Å². The van der Waals surface area contributed by atoms with E-state index in [0.29, 0.717) is 17.2 Å². The largest absolute Gasteiger partial charge is 0.457 e. The molecule has 6 nitrogen and oxygen atoms in total. The van der Waals surface area contributed by atoms with E-state index < -0.39 is 21.7 Å². The standard InChI is InChI=1S/C22H21FN2O4S/c1-24(30(27,28)21-14-8-17(23)9-15-21)16-22(26)25(2)18-10-12-20(13-11-18)29-19-6-4-3-5-7-19/h3-15H,16H2,1-2H3. The Bertz CT molecular complexity index is 1100. The van der Waals surface area contributed by atoms with Gasteiger partial charge in [-0.05, 0) is 60.7 Å². The number of para-hydroxylation sites is 1. The highest BCUT2D eigenvalue weighted by Crippen LogP contribution is 2.24. The second-order valence-electron chi connectivity index (χ2n) is 6.58. The first-order chi connectivity index (χ1) is 14.3. The van der Waals surface area contributed by atoms with Crippen molar-refractivity contribution in [3.63, 3.8) is 0 Å². The van der Waals surface area contributed by atoms with E-state index >= 15 is 0 Å². The molecule has 3 aromatic carbocycles. The van der Waals surface area contributed by atoms with Crippen LogP contribution in [0.2, 0.25) is 0 Å². The SMILES string of the molecule is CN(C(=O)CN(C)S(=O)(=O)c1ccc(F)cc1)c1ccc(Oc2ccccc2)cc1. The minimum atomic E-state index is -3.91. The first kappa shape index (κ1) is 21.5. The fourth-order valence-electron chi connectivity index (χ4n) is 2.67. The molecule has 0 saturated carbocycles. The third-order valence-corrected chi connectivity index (χ3v) is 6.27. The van der Waals surface area contributed by atoms with Crippen molar-refractivity contribution in [3.05, 3.63) is 84.7 Å². The average molecular weight is 428 g/mol. The van der Waals surface area contributed by atoms with Crippen molar-refractivity contribution in [2.24, 2.45) is 0 Å². The fraction of sp³-hybridized carbons (Fsp3) is 0.136. The van der Waals surface area contributed by atoms with Gasteiger partial charge in [0.05, 0.1) is 11.4 Å². The molecule has 0 radical (unpaired) electrons. The number of hydrogen-bond donors (Lipinski definition) is 0. The third kappa shape index (κ3) is 5.03. The van der Waals surface area contributed by atoms with E-state index in [0.717, 1.165) is 16.4 Å². The summed E-state index contributed by atoms with van der Waals surface area (Å²) in [5.74, 6) is 0.358. The molecule has 0 unspecified atom stereocenters. The number of nitrogens with zero attached hydrogens (tertiary/aromatic N) is 2. The van der Waals surface area contributed by atoms with Crippen LogP contribution in [-0.4, -0.2) is 39.3 Å². The van der Waals surface area contributed by atoms with Crippen molar-refractivity contribution in [2.45, 2.75) is 4.90 Å². The van der Waals surface area contributed by atoms with Gasteiger partial charge in [0.15, 0.2) is 0 Å². The third-order valence-electron chi connectivity index (χ3n) is 4.46. The first-order valence-corrected chi connectivity index (χ1v) is 10.5. The van der Waals surface area contributed by atoms with Crippen LogP contribution in [0.15, 0.2) is 83.8 Å². The number of anilines is 1. The topological polar surface area (TPSA) is 66.9 Å². The van der Waals surface area contributed by atoms with Gasteiger partial charge in [0, 0.05) is 19.8 Å². The number of ether oxygens (including phenoxy) is 1. The lowest BCUT2D eigenvalue weighted by atomic mass is 10.2. The number of halogens is 1. The Hall–Kier alpha value is -3.23. The molecule has 0 aliphatic carbocycles. The van der Waals surface area contributed by atoms with Crippen LogP contribution < -0.4 is 9.64 Å². The summed E-state index contributed by atoms with van der Waals surface area (Å²) in [6.45, 7) is -0.363. The number of hydrogen-bond acceptors (Lipinski definition) is 4. The van der Waals surface area contributed by atoms with Crippen LogP contribution >= 0.6 is 0 Å². The summed E-state index contributed by atoms with van der Waals surface area (Å²) in [5.41, 5.74) is 0.591. The number of sulfonamides is 1. The van der Waals surface area contributed by atoms with E-state index in [1.807, 2.05) is 30.3 Å². The molecular weight excluding hydrogens is 407 g/mol. The van der Waals surface area contributed by atoms with Crippen LogP contribution in [0.3, 0.4) is 0 Å². The molecule has 1 amide bonds.